The van der Waals surface area contributed by atoms with Crippen LogP contribution in [0.2, 0.25) is 0 Å². The van der Waals surface area contributed by atoms with Crippen molar-refractivity contribution in [3.8, 4) is 0 Å². The van der Waals surface area contributed by atoms with Gasteiger partial charge in [-0.3, -0.25) is 4.99 Å². The van der Waals surface area contributed by atoms with Crippen molar-refractivity contribution in [3.63, 3.8) is 0 Å². The molecule has 1 aromatic rings. The topological polar surface area (TPSA) is 58.8 Å². The minimum absolute atomic E-state index is 0. The Kier molecular flexibility index (Phi) is 9.96. The molecule has 0 bridgehead atoms. The number of methoxy groups -OCH3 is 1. The van der Waals surface area contributed by atoms with E-state index in [1.165, 1.54) is 51.4 Å². The Bertz CT molecular complexity index is 536. The summed E-state index contributed by atoms with van der Waals surface area (Å²) >= 11 is 0. The molecule has 6 heteroatoms. The van der Waals surface area contributed by atoms with Gasteiger partial charge in [0.25, 0.3) is 0 Å². The Hall–Kier alpha value is -0.760. The van der Waals surface area contributed by atoms with Gasteiger partial charge in [0, 0.05) is 39.3 Å². The van der Waals surface area contributed by atoms with Gasteiger partial charge in [-0.2, -0.15) is 0 Å². The highest BCUT2D eigenvalue weighted by Crippen LogP contribution is 2.41. The van der Waals surface area contributed by atoms with Gasteiger partial charge < -0.3 is 19.8 Å². The molecule has 5 nitrogen and oxygen atoms in total. The summed E-state index contributed by atoms with van der Waals surface area (Å²) in [7, 11) is 1.80. The van der Waals surface area contributed by atoms with Crippen LogP contribution in [-0.2, 0) is 11.2 Å². The fourth-order valence-corrected chi connectivity index (χ4v) is 4.35. The minimum Gasteiger partial charge on any atom is -0.469 e. The molecule has 2 aliphatic carbocycles. The van der Waals surface area contributed by atoms with Gasteiger partial charge in [-0.1, -0.05) is 25.7 Å². The van der Waals surface area contributed by atoms with E-state index < -0.39 is 0 Å². The highest BCUT2D eigenvalue weighted by Gasteiger charge is 2.33. The quantitative estimate of drug-likeness (QED) is 0.305. The van der Waals surface area contributed by atoms with Crippen LogP contribution in [0, 0.1) is 5.41 Å². The minimum atomic E-state index is 0. The first-order chi connectivity index (χ1) is 12.8. The second-order valence-electron chi connectivity index (χ2n) is 8.00. The summed E-state index contributed by atoms with van der Waals surface area (Å²) in [5.41, 5.74) is 0.335. The molecule has 154 valence electrons. The molecule has 0 radical (unpaired) electrons. The third kappa shape index (κ3) is 7.29. The summed E-state index contributed by atoms with van der Waals surface area (Å²) in [6, 6.07) is 4.55. The summed E-state index contributed by atoms with van der Waals surface area (Å²) in [6.07, 6.45) is 14.1. The summed E-state index contributed by atoms with van der Waals surface area (Å²) in [5, 5.41) is 7.20. The first-order valence-electron chi connectivity index (χ1n) is 10.4. The number of aliphatic imine (C=N–C) groups is 1. The van der Waals surface area contributed by atoms with Crippen LogP contribution in [0.5, 0.6) is 0 Å². The van der Waals surface area contributed by atoms with E-state index >= 15 is 0 Å². The molecular weight excluding hydrogens is 453 g/mol. The number of hydrogen-bond acceptors (Lipinski definition) is 3. The molecule has 0 aromatic carbocycles. The van der Waals surface area contributed by atoms with Crippen LogP contribution in [0.25, 0.3) is 0 Å². The van der Waals surface area contributed by atoms with Gasteiger partial charge in [0.1, 0.15) is 5.76 Å². The van der Waals surface area contributed by atoms with Gasteiger partial charge in [0.15, 0.2) is 5.96 Å². The van der Waals surface area contributed by atoms with Crippen molar-refractivity contribution in [2.24, 2.45) is 10.4 Å². The lowest BCUT2D eigenvalue weighted by atomic mass is 9.83. The zero-order valence-corrected chi connectivity index (χ0v) is 19.0. The molecular formula is C21H36IN3O2. The number of halogens is 1. The summed E-state index contributed by atoms with van der Waals surface area (Å²) in [5.74, 6) is 2.00. The monoisotopic (exact) mass is 489 g/mol. The Morgan fingerprint density at radius 1 is 1.26 bits per heavy atom. The molecule has 2 saturated carbocycles. The van der Waals surface area contributed by atoms with E-state index in [0.717, 1.165) is 44.3 Å². The molecule has 0 spiro atoms. The van der Waals surface area contributed by atoms with E-state index in [4.69, 9.17) is 14.1 Å². The SMILES string of the molecule is COCCC1(CN=C(NCCc2ccco2)NC2CCCC2)CCCC1.I. The first-order valence-corrected chi connectivity index (χ1v) is 10.4. The van der Waals surface area contributed by atoms with E-state index in [1.807, 2.05) is 12.1 Å². The second-order valence-corrected chi connectivity index (χ2v) is 8.00. The predicted octanol–water partition coefficient (Wildman–Crippen LogP) is 4.51. The lowest BCUT2D eigenvalue weighted by molar-refractivity contribution is 0.141. The van der Waals surface area contributed by atoms with Crippen LogP contribution in [0.15, 0.2) is 27.8 Å². The van der Waals surface area contributed by atoms with Gasteiger partial charge in [-0.05, 0) is 49.7 Å². The van der Waals surface area contributed by atoms with Gasteiger partial charge in [0.2, 0.25) is 0 Å². The van der Waals surface area contributed by atoms with E-state index in [9.17, 15) is 0 Å². The van der Waals surface area contributed by atoms with Crippen LogP contribution in [0.4, 0.5) is 0 Å². The number of rotatable bonds is 9. The zero-order valence-electron chi connectivity index (χ0n) is 16.7. The van der Waals surface area contributed by atoms with Gasteiger partial charge in [-0.25, -0.2) is 0 Å². The molecule has 1 heterocycles. The lowest BCUT2D eigenvalue weighted by Crippen LogP contribution is -2.43. The molecule has 0 saturated heterocycles. The largest absolute Gasteiger partial charge is 0.469 e. The van der Waals surface area contributed by atoms with Crippen LogP contribution in [0.3, 0.4) is 0 Å². The van der Waals surface area contributed by atoms with Gasteiger partial charge >= 0.3 is 0 Å². The highest BCUT2D eigenvalue weighted by atomic mass is 127. The number of nitrogens with zero attached hydrogens (tertiary/aromatic N) is 1. The Morgan fingerprint density at radius 3 is 2.70 bits per heavy atom. The van der Waals surface area contributed by atoms with Crippen LogP contribution in [0.1, 0.15) is 63.5 Å². The number of nitrogens with one attached hydrogen (secondary N) is 2. The Balaban J connectivity index is 0.00000261. The molecule has 2 aliphatic rings. The maximum atomic E-state index is 5.44. The Labute approximate surface area is 181 Å². The third-order valence-corrected chi connectivity index (χ3v) is 6.01. The van der Waals surface area contributed by atoms with Crippen molar-refractivity contribution in [1.82, 2.24) is 10.6 Å². The molecule has 0 aliphatic heterocycles. The van der Waals surface area contributed by atoms with Crippen LogP contribution in [-0.4, -0.2) is 38.8 Å². The normalized spacial score (nSPS) is 19.8. The standard InChI is InChI=1S/C21H35N3O2.HI/c1-25-16-13-21(11-4-5-12-21)17-23-20(24-18-7-2-3-8-18)22-14-10-19-9-6-15-26-19;/h6,9,15,18H,2-5,7-8,10-14,16-17H2,1H3,(H2,22,23,24);1H. The summed E-state index contributed by atoms with van der Waals surface area (Å²) in [4.78, 5) is 5.02. The van der Waals surface area contributed by atoms with E-state index in [1.54, 1.807) is 13.4 Å². The van der Waals surface area contributed by atoms with Crippen LogP contribution >= 0.6 is 24.0 Å². The van der Waals surface area contributed by atoms with Crippen molar-refractivity contribution in [1.29, 1.82) is 0 Å². The maximum Gasteiger partial charge on any atom is 0.191 e. The predicted molar refractivity (Wildman–Crippen MR) is 121 cm³/mol. The number of furan rings is 1. The highest BCUT2D eigenvalue weighted by molar-refractivity contribution is 14.0. The fourth-order valence-electron chi connectivity index (χ4n) is 4.35. The average molecular weight is 489 g/mol. The van der Waals surface area contributed by atoms with Crippen molar-refractivity contribution in [2.45, 2.75) is 70.3 Å². The fraction of sp³-hybridized carbons (Fsp3) is 0.762. The first kappa shape index (κ1) is 22.5. The lowest BCUT2D eigenvalue weighted by Gasteiger charge is -2.27. The molecule has 0 amide bonds. The van der Waals surface area contributed by atoms with Crippen molar-refractivity contribution >= 4 is 29.9 Å². The molecule has 2 fully saturated rings. The van der Waals surface area contributed by atoms with Gasteiger partial charge in [0.05, 0.1) is 6.26 Å². The van der Waals surface area contributed by atoms with Crippen molar-refractivity contribution in [3.05, 3.63) is 24.2 Å². The van der Waals surface area contributed by atoms with E-state index in [2.05, 4.69) is 10.6 Å². The zero-order chi connectivity index (χ0) is 18.1. The molecule has 0 unspecified atom stereocenters. The second kappa shape index (κ2) is 11.9. The molecule has 2 N–H and O–H groups in total. The molecule has 27 heavy (non-hydrogen) atoms. The van der Waals surface area contributed by atoms with Crippen molar-refractivity contribution in [2.75, 3.05) is 26.8 Å². The molecule has 3 rings (SSSR count). The van der Waals surface area contributed by atoms with E-state index in [-0.39, 0.29) is 24.0 Å². The van der Waals surface area contributed by atoms with Crippen LogP contribution < -0.4 is 10.6 Å². The number of ether oxygens (including phenoxy) is 1. The number of guanidine groups is 1. The van der Waals surface area contributed by atoms with Gasteiger partial charge in [-0.15, -0.1) is 24.0 Å². The summed E-state index contributed by atoms with van der Waals surface area (Å²) < 4.78 is 10.8. The molecule has 0 atom stereocenters. The van der Waals surface area contributed by atoms with Crippen molar-refractivity contribution < 1.29 is 9.15 Å². The third-order valence-electron chi connectivity index (χ3n) is 6.01. The number of hydrogen-bond donors (Lipinski definition) is 2. The summed E-state index contributed by atoms with van der Waals surface area (Å²) in [6.45, 7) is 2.59. The van der Waals surface area contributed by atoms with E-state index in [0.29, 0.717) is 11.5 Å². The smallest absolute Gasteiger partial charge is 0.191 e. The average Bonchev–Trinajstić information content (AvgIpc) is 3.41. The Morgan fingerprint density at radius 2 is 2.04 bits per heavy atom. The maximum absolute atomic E-state index is 5.44. The molecule has 1 aromatic heterocycles.